The summed E-state index contributed by atoms with van der Waals surface area (Å²) in [7, 11) is 0. The summed E-state index contributed by atoms with van der Waals surface area (Å²) in [6, 6.07) is -0.0123. The van der Waals surface area contributed by atoms with E-state index >= 15 is 0 Å². The molecule has 4 heteroatoms. The molecule has 0 aromatic rings. The monoisotopic (exact) mass is 298 g/mol. The number of rotatable bonds is 10. The van der Waals surface area contributed by atoms with Crippen LogP contribution in [0.5, 0.6) is 0 Å². The molecule has 2 unspecified atom stereocenters. The van der Waals surface area contributed by atoms with Crippen LogP contribution < -0.4 is 5.73 Å². The van der Waals surface area contributed by atoms with Crippen LogP contribution in [0, 0.1) is 5.41 Å². The van der Waals surface area contributed by atoms with E-state index in [2.05, 4.69) is 6.92 Å². The number of aliphatic hydroxyl groups excluding tert-OH is 1. The molecule has 0 spiro atoms. The number of hydrogen-bond acceptors (Lipinski definition) is 3. The van der Waals surface area contributed by atoms with Crippen molar-refractivity contribution in [2.24, 2.45) is 11.1 Å². The van der Waals surface area contributed by atoms with Gasteiger partial charge >= 0.3 is 0 Å². The minimum absolute atomic E-state index is 0.0123. The molecule has 3 N–H and O–H groups in total. The minimum atomic E-state index is -0.390. The van der Waals surface area contributed by atoms with Crippen molar-refractivity contribution in [2.45, 2.75) is 77.7 Å². The second kappa shape index (κ2) is 9.42. The van der Waals surface area contributed by atoms with Gasteiger partial charge in [0, 0.05) is 25.7 Å². The lowest BCUT2D eigenvalue weighted by Gasteiger charge is -2.34. The first-order valence-electron chi connectivity index (χ1n) is 8.72. The Morgan fingerprint density at radius 1 is 1.24 bits per heavy atom. The summed E-state index contributed by atoms with van der Waals surface area (Å²) in [6.45, 7) is 5.84. The van der Waals surface area contributed by atoms with Gasteiger partial charge in [-0.25, -0.2) is 0 Å². The average Bonchev–Trinajstić information content (AvgIpc) is 2.82. The van der Waals surface area contributed by atoms with Crippen LogP contribution in [0.25, 0.3) is 0 Å². The maximum Gasteiger partial charge on any atom is 0.230 e. The Morgan fingerprint density at radius 2 is 1.90 bits per heavy atom. The Balaban J connectivity index is 2.53. The summed E-state index contributed by atoms with van der Waals surface area (Å²) in [5.41, 5.74) is 5.79. The zero-order valence-electron chi connectivity index (χ0n) is 13.9. The number of hydrogen-bond donors (Lipinski definition) is 2. The first kappa shape index (κ1) is 18.4. The lowest BCUT2D eigenvalue weighted by Crippen LogP contribution is -2.49. The molecule has 1 fully saturated rings. The highest BCUT2D eigenvalue weighted by Gasteiger charge is 2.44. The van der Waals surface area contributed by atoms with E-state index in [4.69, 9.17) is 10.8 Å². The fourth-order valence-electron chi connectivity index (χ4n) is 3.30. The van der Waals surface area contributed by atoms with Crippen molar-refractivity contribution in [3.8, 4) is 0 Å². The topological polar surface area (TPSA) is 66.6 Å². The van der Waals surface area contributed by atoms with Gasteiger partial charge in [-0.15, -0.1) is 0 Å². The van der Waals surface area contributed by atoms with Gasteiger partial charge in [0.1, 0.15) is 0 Å². The molecule has 0 aliphatic heterocycles. The van der Waals surface area contributed by atoms with Gasteiger partial charge in [0.15, 0.2) is 0 Å². The predicted octanol–water partition coefficient (Wildman–Crippen LogP) is 2.69. The van der Waals surface area contributed by atoms with Gasteiger partial charge in [-0.1, -0.05) is 39.0 Å². The highest BCUT2D eigenvalue weighted by Crippen LogP contribution is 2.38. The number of aliphatic hydroxyl groups is 1. The molecule has 0 heterocycles. The molecule has 0 radical (unpaired) electrons. The van der Waals surface area contributed by atoms with Crippen LogP contribution in [0.2, 0.25) is 0 Å². The highest BCUT2D eigenvalue weighted by molar-refractivity contribution is 5.83. The summed E-state index contributed by atoms with van der Waals surface area (Å²) in [5.74, 6) is 0.205. The number of carbonyl (C=O) groups is 1. The van der Waals surface area contributed by atoms with Crippen molar-refractivity contribution in [3.63, 3.8) is 0 Å². The van der Waals surface area contributed by atoms with Crippen LogP contribution in [0.4, 0.5) is 0 Å². The molecule has 0 bridgehead atoms. The summed E-state index contributed by atoms with van der Waals surface area (Å²) >= 11 is 0. The predicted molar refractivity (Wildman–Crippen MR) is 87.0 cm³/mol. The third-order valence-corrected chi connectivity index (χ3v) is 4.92. The molecule has 124 valence electrons. The van der Waals surface area contributed by atoms with E-state index in [1.54, 1.807) is 0 Å². The SMILES string of the molecule is CCCCCCCN(CCCO)C(=O)C1(C)CCCC1N. The Morgan fingerprint density at radius 3 is 2.48 bits per heavy atom. The minimum Gasteiger partial charge on any atom is -0.396 e. The lowest BCUT2D eigenvalue weighted by atomic mass is 9.83. The smallest absolute Gasteiger partial charge is 0.230 e. The summed E-state index contributed by atoms with van der Waals surface area (Å²) in [6.07, 6.45) is 9.55. The number of nitrogens with zero attached hydrogens (tertiary/aromatic N) is 1. The molecule has 1 saturated carbocycles. The largest absolute Gasteiger partial charge is 0.396 e. The summed E-state index contributed by atoms with van der Waals surface area (Å²) in [5, 5.41) is 9.06. The molecule has 1 aliphatic carbocycles. The molecule has 1 amide bonds. The van der Waals surface area contributed by atoms with E-state index in [9.17, 15) is 4.79 Å². The van der Waals surface area contributed by atoms with E-state index in [0.29, 0.717) is 13.0 Å². The van der Waals surface area contributed by atoms with E-state index in [0.717, 1.165) is 32.2 Å². The average molecular weight is 298 g/mol. The van der Waals surface area contributed by atoms with Crippen LogP contribution in [-0.4, -0.2) is 41.7 Å². The van der Waals surface area contributed by atoms with Gasteiger partial charge < -0.3 is 15.7 Å². The lowest BCUT2D eigenvalue weighted by molar-refractivity contribution is -0.142. The fraction of sp³-hybridized carbons (Fsp3) is 0.941. The van der Waals surface area contributed by atoms with Crippen molar-refractivity contribution in [2.75, 3.05) is 19.7 Å². The van der Waals surface area contributed by atoms with Gasteiger partial charge in [0.2, 0.25) is 5.91 Å². The maximum atomic E-state index is 12.9. The van der Waals surface area contributed by atoms with Crippen LogP contribution >= 0.6 is 0 Å². The van der Waals surface area contributed by atoms with Crippen LogP contribution in [-0.2, 0) is 4.79 Å². The van der Waals surface area contributed by atoms with Crippen LogP contribution in [0.1, 0.15) is 71.6 Å². The Labute approximate surface area is 130 Å². The van der Waals surface area contributed by atoms with E-state index in [1.165, 1.54) is 25.7 Å². The standard InChI is InChI=1S/C17H34N2O2/c1-3-4-5-6-7-12-19(13-9-14-20)16(21)17(2)11-8-10-15(17)18/h15,20H,3-14,18H2,1-2H3. The quantitative estimate of drug-likeness (QED) is 0.609. The van der Waals surface area contributed by atoms with Crippen LogP contribution in [0.15, 0.2) is 0 Å². The Bertz CT molecular complexity index is 309. The highest BCUT2D eigenvalue weighted by atomic mass is 16.3. The third-order valence-electron chi connectivity index (χ3n) is 4.92. The number of carbonyl (C=O) groups excluding carboxylic acids is 1. The first-order chi connectivity index (χ1) is 10.1. The summed E-state index contributed by atoms with van der Waals surface area (Å²) in [4.78, 5) is 14.8. The van der Waals surface area contributed by atoms with Gasteiger partial charge in [0.25, 0.3) is 0 Å². The maximum absolute atomic E-state index is 12.9. The molecule has 4 nitrogen and oxygen atoms in total. The molecule has 2 atom stereocenters. The Hall–Kier alpha value is -0.610. The van der Waals surface area contributed by atoms with Crippen molar-refractivity contribution in [1.82, 2.24) is 4.90 Å². The van der Waals surface area contributed by atoms with E-state index in [1.807, 2.05) is 11.8 Å². The number of nitrogens with two attached hydrogens (primary N) is 1. The molecule has 0 saturated heterocycles. The Kier molecular flexibility index (Phi) is 8.27. The van der Waals surface area contributed by atoms with Gasteiger partial charge in [0.05, 0.1) is 5.41 Å². The van der Waals surface area contributed by atoms with Crippen LogP contribution in [0.3, 0.4) is 0 Å². The number of amides is 1. The fourth-order valence-corrected chi connectivity index (χ4v) is 3.30. The normalized spacial score (nSPS) is 25.2. The number of unbranched alkanes of at least 4 members (excludes halogenated alkanes) is 4. The first-order valence-corrected chi connectivity index (χ1v) is 8.72. The van der Waals surface area contributed by atoms with E-state index in [-0.39, 0.29) is 18.6 Å². The van der Waals surface area contributed by atoms with Gasteiger partial charge in [-0.3, -0.25) is 4.79 Å². The van der Waals surface area contributed by atoms with Crippen molar-refractivity contribution in [3.05, 3.63) is 0 Å². The van der Waals surface area contributed by atoms with Crippen molar-refractivity contribution < 1.29 is 9.90 Å². The summed E-state index contributed by atoms with van der Waals surface area (Å²) < 4.78 is 0. The third kappa shape index (κ3) is 5.26. The molecular formula is C17H34N2O2. The van der Waals surface area contributed by atoms with Gasteiger partial charge in [-0.2, -0.15) is 0 Å². The van der Waals surface area contributed by atoms with Crippen molar-refractivity contribution in [1.29, 1.82) is 0 Å². The molecular weight excluding hydrogens is 264 g/mol. The molecule has 0 aromatic heterocycles. The van der Waals surface area contributed by atoms with Gasteiger partial charge in [-0.05, 0) is 32.6 Å². The zero-order chi connectivity index (χ0) is 15.7. The second-order valence-corrected chi connectivity index (χ2v) is 6.70. The molecule has 0 aromatic carbocycles. The van der Waals surface area contributed by atoms with Crippen molar-refractivity contribution >= 4 is 5.91 Å². The second-order valence-electron chi connectivity index (χ2n) is 6.70. The van der Waals surface area contributed by atoms with E-state index < -0.39 is 5.41 Å². The zero-order valence-corrected chi connectivity index (χ0v) is 13.9. The molecule has 1 rings (SSSR count). The molecule has 21 heavy (non-hydrogen) atoms. The molecule has 1 aliphatic rings.